The molecule has 0 spiro atoms. The van der Waals surface area contributed by atoms with Gasteiger partial charge in [-0.25, -0.2) is 0 Å². The Morgan fingerprint density at radius 3 is 2.75 bits per heavy atom. The molecule has 0 bridgehead atoms. The monoisotopic (exact) mass is 346 g/mol. The van der Waals surface area contributed by atoms with E-state index in [9.17, 15) is 4.21 Å². The van der Waals surface area contributed by atoms with E-state index in [2.05, 4.69) is 39.1 Å². The van der Waals surface area contributed by atoms with Crippen LogP contribution in [0.15, 0.2) is 29.2 Å². The molecule has 0 unspecified atom stereocenters. The van der Waals surface area contributed by atoms with Gasteiger partial charge in [-0.1, -0.05) is 18.6 Å². The van der Waals surface area contributed by atoms with Crippen molar-refractivity contribution in [2.45, 2.75) is 56.5 Å². The van der Waals surface area contributed by atoms with Crippen LogP contribution in [0.1, 0.15) is 49.4 Å². The van der Waals surface area contributed by atoms with E-state index in [1.54, 1.807) is 6.26 Å². The Balaban J connectivity index is 1.54. The zero-order valence-corrected chi connectivity index (χ0v) is 15.3. The molecule has 1 aliphatic rings. The molecule has 3 rings (SSSR count). The number of nitrogens with one attached hydrogen (secondary N) is 1. The molecule has 1 aromatic heterocycles. The molecule has 5 nitrogen and oxygen atoms in total. The van der Waals surface area contributed by atoms with Crippen LogP contribution < -0.4 is 5.32 Å². The smallest absolute Gasteiger partial charge is 0.134 e. The van der Waals surface area contributed by atoms with Crippen LogP contribution in [0.3, 0.4) is 0 Å². The molecule has 2 aromatic rings. The minimum absolute atomic E-state index is 0.260. The van der Waals surface area contributed by atoms with Gasteiger partial charge in [-0.05, 0) is 37.5 Å². The molecule has 1 N–H and O–H groups in total. The van der Waals surface area contributed by atoms with E-state index < -0.39 is 10.8 Å². The first-order valence-corrected chi connectivity index (χ1v) is 10.3. The summed E-state index contributed by atoms with van der Waals surface area (Å²) in [5, 5.41) is 12.3. The van der Waals surface area contributed by atoms with Crippen molar-refractivity contribution in [3.63, 3.8) is 0 Å². The van der Waals surface area contributed by atoms with Crippen molar-refractivity contribution in [1.29, 1.82) is 0 Å². The molecule has 130 valence electrons. The van der Waals surface area contributed by atoms with Crippen LogP contribution in [0.5, 0.6) is 0 Å². The van der Waals surface area contributed by atoms with E-state index in [4.69, 9.17) is 0 Å². The predicted molar refractivity (Wildman–Crippen MR) is 96.5 cm³/mol. The van der Waals surface area contributed by atoms with Gasteiger partial charge in [0.25, 0.3) is 0 Å². The minimum Gasteiger partial charge on any atom is -0.315 e. The van der Waals surface area contributed by atoms with Crippen LogP contribution in [0.25, 0.3) is 0 Å². The second-order valence-corrected chi connectivity index (χ2v) is 7.82. The van der Waals surface area contributed by atoms with Crippen LogP contribution in [0, 0.1) is 0 Å². The van der Waals surface area contributed by atoms with Crippen molar-refractivity contribution in [2.24, 2.45) is 0 Å². The lowest BCUT2D eigenvalue weighted by atomic mass is 10.1. The van der Waals surface area contributed by atoms with Crippen molar-refractivity contribution in [3.05, 3.63) is 41.5 Å². The Morgan fingerprint density at radius 1 is 1.21 bits per heavy atom. The van der Waals surface area contributed by atoms with E-state index in [-0.39, 0.29) is 6.04 Å². The van der Waals surface area contributed by atoms with E-state index in [0.717, 1.165) is 42.5 Å². The number of hydrogen-bond acceptors (Lipinski definition) is 4. The van der Waals surface area contributed by atoms with Gasteiger partial charge in [-0.2, -0.15) is 0 Å². The number of benzene rings is 1. The fraction of sp³-hybridized carbons (Fsp3) is 0.556. The summed E-state index contributed by atoms with van der Waals surface area (Å²) in [7, 11) is -0.917. The summed E-state index contributed by atoms with van der Waals surface area (Å²) in [5.41, 5.74) is 1.21. The van der Waals surface area contributed by atoms with Gasteiger partial charge in [0.2, 0.25) is 0 Å². The highest BCUT2D eigenvalue weighted by Gasteiger charge is 2.14. The maximum atomic E-state index is 11.5. The predicted octanol–water partition coefficient (Wildman–Crippen LogP) is 2.64. The fourth-order valence-corrected chi connectivity index (χ4v) is 3.72. The standard InChI is InChI=1S/C18H26N4OS/c1-14(15-7-9-16(10-8-15)24(2)23)19-12-11-18-21-20-17-6-4-3-5-13-22(17)18/h7-10,14,19H,3-6,11-13H2,1-2H3/t14-,24+/m0/s1. The fourth-order valence-electron chi connectivity index (χ4n) is 3.20. The van der Waals surface area contributed by atoms with Gasteiger partial charge in [0.15, 0.2) is 0 Å². The molecular weight excluding hydrogens is 320 g/mol. The summed E-state index contributed by atoms with van der Waals surface area (Å²) >= 11 is 0. The summed E-state index contributed by atoms with van der Waals surface area (Å²) < 4.78 is 13.8. The normalized spacial score (nSPS) is 17.1. The summed E-state index contributed by atoms with van der Waals surface area (Å²) in [6, 6.07) is 8.26. The van der Waals surface area contributed by atoms with Crippen molar-refractivity contribution < 1.29 is 4.21 Å². The Hall–Kier alpha value is -1.53. The van der Waals surface area contributed by atoms with Crippen molar-refractivity contribution >= 4 is 10.8 Å². The molecule has 6 heteroatoms. The summed E-state index contributed by atoms with van der Waals surface area (Å²) in [6.07, 6.45) is 7.41. The highest BCUT2D eigenvalue weighted by molar-refractivity contribution is 7.84. The lowest BCUT2D eigenvalue weighted by Crippen LogP contribution is -2.22. The number of aryl methyl sites for hydroxylation is 1. The second kappa shape index (κ2) is 8.03. The highest BCUT2D eigenvalue weighted by atomic mass is 32.2. The number of rotatable bonds is 6. The Morgan fingerprint density at radius 2 is 2.00 bits per heavy atom. The van der Waals surface area contributed by atoms with Gasteiger partial charge in [0, 0.05) is 53.9 Å². The molecule has 0 radical (unpaired) electrons. The van der Waals surface area contributed by atoms with Gasteiger partial charge in [0.05, 0.1) is 0 Å². The molecule has 0 aliphatic carbocycles. The Kier molecular flexibility index (Phi) is 5.79. The molecule has 1 aliphatic heterocycles. The number of nitrogens with zero attached hydrogens (tertiary/aromatic N) is 3. The first-order chi connectivity index (χ1) is 11.6. The molecule has 0 saturated carbocycles. The molecule has 1 aromatic carbocycles. The van der Waals surface area contributed by atoms with Crippen molar-refractivity contribution in [3.8, 4) is 0 Å². The SMILES string of the molecule is C[C@H](NCCc1nnc2n1CCCCC2)c1ccc([S@@](C)=O)cc1. The van der Waals surface area contributed by atoms with E-state index in [1.807, 2.05) is 12.1 Å². The minimum atomic E-state index is -0.917. The Labute approximate surface area is 146 Å². The summed E-state index contributed by atoms with van der Waals surface area (Å²) in [6.45, 7) is 4.09. The number of aromatic nitrogens is 3. The van der Waals surface area contributed by atoms with Crippen LogP contribution in [0.4, 0.5) is 0 Å². The van der Waals surface area contributed by atoms with Gasteiger partial charge >= 0.3 is 0 Å². The van der Waals surface area contributed by atoms with E-state index in [0.29, 0.717) is 0 Å². The van der Waals surface area contributed by atoms with Gasteiger partial charge < -0.3 is 9.88 Å². The molecule has 0 amide bonds. The highest BCUT2D eigenvalue weighted by Crippen LogP contribution is 2.16. The summed E-state index contributed by atoms with van der Waals surface area (Å²) in [4.78, 5) is 0.872. The largest absolute Gasteiger partial charge is 0.315 e. The maximum Gasteiger partial charge on any atom is 0.134 e. The Bertz CT molecular complexity index is 696. The van der Waals surface area contributed by atoms with E-state index in [1.165, 1.54) is 24.8 Å². The first-order valence-electron chi connectivity index (χ1n) is 8.73. The van der Waals surface area contributed by atoms with Gasteiger partial charge in [-0.15, -0.1) is 10.2 Å². The molecule has 0 saturated heterocycles. The topological polar surface area (TPSA) is 59.8 Å². The third-order valence-electron chi connectivity index (χ3n) is 4.70. The second-order valence-electron chi connectivity index (χ2n) is 6.44. The molecular formula is C18H26N4OS. The summed E-state index contributed by atoms with van der Waals surface area (Å²) in [5.74, 6) is 2.25. The van der Waals surface area contributed by atoms with Crippen molar-refractivity contribution in [2.75, 3.05) is 12.8 Å². The lowest BCUT2D eigenvalue weighted by molar-refractivity contribution is 0.548. The average molecular weight is 346 g/mol. The van der Waals surface area contributed by atoms with Crippen LogP contribution in [0.2, 0.25) is 0 Å². The molecule has 0 fully saturated rings. The molecule has 24 heavy (non-hydrogen) atoms. The van der Waals surface area contributed by atoms with Gasteiger partial charge in [-0.3, -0.25) is 4.21 Å². The lowest BCUT2D eigenvalue weighted by Gasteiger charge is -2.15. The zero-order chi connectivity index (χ0) is 16.9. The van der Waals surface area contributed by atoms with Crippen LogP contribution in [-0.4, -0.2) is 31.8 Å². The third kappa shape index (κ3) is 4.11. The zero-order valence-electron chi connectivity index (χ0n) is 14.5. The first kappa shape index (κ1) is 17.3. The van der Waals surface area contributed by atoms with Crippen LogP contribution >= 0.6 is 0 Å². The van der Waals surface area contributed by atoms with Gasteiger partial charge in [0.1, 0.15) is 11.6 Å². The van der Waals surface area contributed by atoms with E-state index >= 15 is 0 Å². The number of hydrogen-bond donors (Lipinski definition) is 1. The average Bonchev–Trinajstić information content (AvgIpc) is 2.81. The van der Waals surface area contributed by atoms with Crippen molar-refractivity contribution in [1.82, 2.24) is 20.1 Å². The quantitative estimate of drug-likeness (QED) is 0.873. The number of fused-ring (bicyclic) bond motifs is 1. The maximum absolute atomic E-state index is 11.5. The molecule has 2 heterocycles. The third-order valence-corrected chi connectivity index (χ3v) is 5.63. The molecule has 2 atom stereocenters. The van der Waals surface area contributed by atoms with Crippen LogP contribution in [-0.2, 0) is 30.2 Å².